The van der Waals surface area contributed by atoms with E-state index in [0.29, 0.717) is 30.5 Å². The molecular formula is C13H20ClNO3S. The van der Waals surface area contributed by atoms with Crippen LogP contribution in [-0.2, 0) is 14.8 Å². The van der Waals surface area contributed by atoms with Crippen molar-refractivity contribution in [3.8, 4) is 0 Å². The molecule has 0 saturated carbocycles. The molecule has 0 aliphatic heterocycles. The van der Waals surface area contributed by atoms with Gasteiger partial charge in [0.2, 0.25) is 10.0 Å². The Bertz CT molecular complexity index is 517. The van der Waals surface area contributed by atoms with E-state index in [4.69, 9.17) is 16.3 Å². The minimum atomic E-state index is -3.46. The summed E-state index contributed by atoms with van der Waals surface area (Å²) in [6, 6.07) is 5.42. The molecule has 0 radical (unpaired) electrons. The maximum Gasteiger partial charge on any atom is 0.243 e. The highest BCUT2D eigenvalue weighted by molar-refractivity contribution is 7.89. The molecule has 0 saturated heterocycles. The molecule has 0 amide bonds. The van der Waals surface area contributed by atoms with Crippen molar-refractivity contribution in [2.75, 3.05) is 32.7 Å². The molecule has 0 aliphatic rings. The highest BCUT2D eigenvalue weighted by Gasteiger charge is 2.22. The van der Waals surface area contributed by atoms with Crippen molar-refractivity contribution < 1.29 is 13.2 Å². The zero-order chi connectivity index (χ0) is 14.5. The first-order chi connectivity index (χ1) is 8.89. The van der Waals surface area contributed by atoms with Gasteiger partial charge in [-0.1, -0.05) is 12.1 Å². The molecule has 4 nitrogen and oxygen atoms in total. The van der Waals surface area contributed by atoms with Gasteiger partial charge in [0.1, 0.15) is 0 Å². The summed E-state index contributed by atoms with van der Waals surface area (Å²) in [6.07, 6.45) is 0. The lowest BCUT2D eigenvalue weighted by atomic mass is 10.2. The highest BCUT2D eigenvalue weighted by atomic mass is 35.5. The summed E-state index contributed by atoms with van der Waals surface area (Å²) in [6.45, 7) is 4.75. The topological polar surface area (TPSA) is 46.6 Å². The van der Waals surface area contributed by atoms with Crippen molar-refractivity contribution in [1.29, 1.82) is 0 Å². The second-order valence-electron chi connectivity index (χ2n) is 4.40. The lowest BCUT2D eigenvalue weighted by Gasteiger charge is -2.18. The van der Waals surface area contributed by atoms with E-state index >= 15 is 0 Å². The number of sulfonamides is 1. The van der Waals surface area contributed by atoms with Crippen molar-refractivity contribution in [3.05, 3.63) is 29.3 Å². The molecule has 0 bridgehead atoms. The smallest absolute Gasteiger partial charge is 0.243 e. The molecule has 0 aliphatic carbocycles. The van der Waals surface area contributed by atoms with Gasteiger partial charge in [-0.25, -0.2) is 8.42 Å². The summed E-state index contributed by atoms with van der Waals surface area (Å²) in [7, 11) is -1.90. The fourth-order valence-electron chi connectivity index (χ4n) is 1.62. The van der Waals surface area contributed by atoms with Crippen LogP contribution < -0.4 is 0 Å². The van der Waals surface area contributed by atoms with Crippen LogP contribution in [0.5, 0.6) is 0 Å². The number of hydrogen-bond acceptors (Lipinski definition) is 3. The maximum absolute atomic E-state index is 12.4. The number of benzene rings is 1. The van der Waals surface area contributed by atoms with E-state index < -0.39 is 10.0 Å². The van der Waals surface area contributed by atoms with Gasteiger partial charge in [0.05, 0.1) is 18.1 Å². The molecule has 1 aromatic carbocycles. The number of alkyl halides is 1. The zero-order valence-corrected chi connectivity index (χ0v) is 13.1. The summed E-state index contributed by atoms with van der Waals surface area (Å²) in [5.74, 6) is 0.410. The van der Waals surface area contributed by atoms with E-state index in [2.05, 4.69) is 0 Å². The number of ether oxygens (including phenoxy) is 1. The van der Waals surface area contributed by atoms with Crippen LogP contribution in [0.3, 0.4) is 0 Å². The van der Waals surface area contributed by atoms with Gasteiger partial charge >= 0.3 is 0 Å². The van der Waals surface area contributed by atoms with E-state index in [1.807, 2.05) is 19.1 Å². The first-order valence-electron chi connectivity index (χ1n) is 6.07. The van der Waals surface area contributed by atoms with Crippen LogP contribution in [0, 0.1) is 13.8 Å². The predicted molar refractivity (Wildman–Crippen MR) is 77.3 cm³/mol. The Kier molecular flexibility index (Phi) is 6.26. The largest absolute Gasteiger partial charge is 0.379 e. The molecule has 0 N–H and O–H groups in total. The number of nitrogens with zero attached hydrogens (tertiary/aromatic N) is 1. The summed E-state index contributed by atoms with van der Waals surface area (Å²) in [4.78, 5) is 0.354. The lowest BCUT2D eigenvalue weighted by Crippen LogP contribution is -2.31. The Morgan fingerprint density at radius 3 is 2.58 bits per heavy atom. The molecule has 6 heteroatoms. The Morgan fingerprint density at radius 1 is 1.26 bits per heavy atom. The number of likely N-dealkylation sites (N-methyl/N-ethyl adjacent to an activating group) is 1. The molecule has 1 rings (SSSR count). The number of rotatable bonds is 7. The van der Waals surface area contributed by atoms with Crippen LogP contribution in [0.1, 0.15) is 11.1 Å². The Labute approximate surface area is 120 Å². The monoisotopic (exact) mass is 305 g/mol. The van der Waals surface area contributed by atoms with E-state index in [-0.39, 0.29) is 0 Å². The summed E-state index contributed by atoms with van der Waals surface area (Å²) in [5, 5.41) is 0. The number of hydrogen-bond donors (Lipinski definition) is 0. The minimum absolute atomic E-state index is 0.312. The quantitative estimate of drug-likeness (QED) is 0.573. The fourth-order valence-corrected chi connectivity index (χ4v) is 3.19. The molecule has 19 heavy (non-hydrogen) atoms. The first-order valence-corrected chi connectivity index (χ1v) is 8.04. The van der Waals surface area contributed by atoms with Crippen molar-refractivity contribution >= 4 is 21.6 Å². The maximum atomic E-state index is 12.4. The molecule has 0 spiro atoms. The fraction of sp³-hybridized carbons (Fsp3) is 0.538. The number of aryl methyl sites for hydroxylation is 2. The van der Waals surface area contributed by atoms with Crippen LogP contribution in [0.4, 0.5) is 0 Å². The van der Waals surface area contributed by atoms with Crippen molar-refractivity contribution in [1.82, 2.24) is 4.31 Å². The Hall–Kier alpha value is -0.620. The van der Waals surface area contributed by atoms with E-state index in [9.17, 15) is 8.42 Å². The third-order valence-electron chi connectivity index (χ3n) is 2.80. The van der Waals surface area contributed by atoms with Gasteiger partial charge in [-0.2, -0.15) is 4.31 Å². The molecule has 1 aromatic rings. The summed E-state index contributed by atoms with van der Waals surface area (Å²) < 4.78 is 31.3. The summed E-state index contributed by atoms with van der Waals surface area (Å²) in [5.41, 5.74) is 1.68. The van der Waals surface area contributed by atoms with Gasteiger partial charge in [-0.3, -0.25) is 0 Å². The van der Waals surface area contributed by atoms with Crippen LogP contribution >= 0.6 is 11.6 Å². The van der Waals surface area contributed by atoms with Crippen LogP contribution in [0.2, 0.25) is 0 Å². The average molecular weight is 306 g/mol. The van der Waals surface area contributed by atoms with E-state index in [1.165, 1.54) is 4.31 Å². The van der Waals surface area contributed by atoms with E-state index in [0.717, 1.165) is 11.1 Å². The van der Waals surface area contributed by atoms with Crippen LogP contribution in [0.25, 0.3) is 0 Å². The van der Waals surface area contributed by atoms with E-state index in [1.54, 1.807) is 20.0 Å². The molecule has 0 unspecified atom stereocenters. The molecular weight excluding hydrogens is 286 g/mol. The second-order valence-corrected chi connectivity index (χ2v) is 6.79. The van der Waals surface area contributed by atoms with Gasteiger partial charge in [-0.05, 0) is 31.0 Å². The lowest BCUT2D eigenvalue weighted by molar-refractivity contribution is 0.140. The minimum Gasteiger partial charge on any atom is -0.379 e. The second kappa shape index (κ2) is 7.24. The molecule has 0 aromatic heterocycles. The van der Waals surface area contributed by atoms with Crippen molar-refractivity contribution in [2.24, 2.45) is 0 Å². The van der Waals surface area contributed by atoms with Gasteiger partial charge < -0.3 is 4.74 Å². The Balaban J connectivity index is 2.82. The van der Waals surface area contributed by atoms with Crippen LogP contribution in [-0.4, -0.2) is 45.4 Å². The van der Waals surface area contributed by atoms with Crippen molar-refractivity contribution in [3.63, 3.8) is 0 Å². The van der Waals surface area contributed by atoms with Gasteiger partial charge in [0.15, 0.2) is 0 Å². The third-order valence-corrected chi connectivity index (χ3v) is 4.96. The first kappa shape index (κ1) is 16.4. The molecule has 0 atom stereocenters. The summed E-state index contributed by atoms with van der Waals surface area (Å²) >= 11 is 5.48. The SMILES string of the molecule is Cc1ccc(C)c(S(=O)(=O)N(C)CCOCCCl)c1. The zero-order valence-electron chi connectivity index (χ0n) is 11.5. The van der Waals surface area contributed by atoms with Gasteiger partial charge in [0, 0.05) is 19.5 Å². The van der Waals surface area contributed by atoms with Crippen LogP contribution in [0.15, 0.2) is 23.1 Å². The van der Waals surface area contributed by atoms with Gasteiger partial charge in [-0.15, -0.1) is 11.6 Å². The van der Waals surface area contributed by atoms with Gasteiger partial charge in [0.25, 0.3) is 0 Å². The Morgan fingerprint density at radius 2 is 1.95 bits per heavy atom. The third kappa shape index (κ3) is 4.45. The average Bonchev–Trinajstić information content (AvgIpc) is 2.37. The number of halogens is 1. The predicted octanol–water partition coefficient (Wildman–Crippen LogP) is 2.18. The molecule has 0 heterocycles. The molecule has 108 valence electrons. The van der Waals surface area contributed by atoms with Crippen molar-refractivity contribution in [2.45, 2.75) is 18.7 Å². The normalized spacial score (nSPS) is 12.1. The molecule has 0 fully saturated rings. The highest BCUT2D eigenvalue weighted by Crippen LogP contribution is 2.20. The standard InChI is InChI=1S/C13H20ClNO3S/c1-11-4-5-12(2)13(10-11)19(16,17)15(3)7-9-18-8-6-14/h4-5,10H,6-9H2,1-3H3.